The van der Waals surface area contributed by atoms with E-state index in [1.165, 1.54) is 35.3 Å². The van der Waals surface area contributed by atoms with Crippen LogP contribution in [-0.2, 0) is 6.42 Å². The molecule has 0 heteroatoms. The van der Waals surface area contributed by atoms with Crippen LogP contribution < -0.4 is 10.4 Å². The van der Waals surface area contributed by atoms with Gasteiger partial charge in [0, 0.05) is 0 Å². The zero-order valence-electron chi connectivity index (χ0n) is 7.51. The molecule has 0 aromatic heterocycles. The molecule has 62 valence electrons. The Bertz CT molecular complexity index is 385. The maximum atomic E-state index is 2.25. The van der Waals surface area contributed by atoms with Crippen molar-refractivity contribution in [2.75, 3.05) is 0 Å². The molecule has 0 radical (unpaired) electrons. The van der Waals surface area contributed by atoms with Crippen molar-refractivity contribution >= 4 is 12.2 Å². The van der Waals surface area contributed by atoms with E-state index in [9.17, 15) is 0 Å². The van der Waals surface area contributed by atoms with Crippen LogP contribution in [0.2, 0.25) is 0 Å². The van der Waals surface area contributed by atoms with Crippen molar-refractivity contribution in [1.82, 2.24) is 0 Å². The average molecular weight is 158 g/mol. The third kappa shape index (κ3) is 1.18. The number of unbranched alkanes of at least 4 members (excludes halogenated alkanes) is 1. The molecule has 12 heavy (non-hydrogen) atoms. The van der Waals surface area contributed by atoms with E-state index in [1.807, 2.05) is 0 Å². The summed E-state index contributed by atoms with van der Waals surface area (Å²) < 4.78 is 0. The fourth-order valence-corrected chi connectivity index (χ4v) is 1.64. The zero-order valence-corrected chi connectivity index (χ0v) is 7.51. The Morgan fingerprint density at radius 3 is 2.75 bits per heavy atom. The topological polar surface area (TPSA) is 0 Å². The molecule has 0 bridgehead atoms. The second kappa shape index (κ2) is 3.14. The van der Waals surface area contributed by atoms with E-state index in [-0.39, 0.29) is 0 Å². The molecule has 0 amide bonds. The van der Waals surface area contributed by atoms with Gasteiger partial charge in [-0.1, -0.05) is 43.7 Å². The van der Waals surface area contributed by atoms with Gasteiger partial charge < -0.3 is 0 Å². The second-order valence-corrected chi connectivity index (χ2v) is 3.36. The maximum Gasteiger partial charge on any atom is -0.0152 e. The first kappa shape index (κ1) is 7.60. The Hall–Kier alpha value is -1.04. The molecule has 0 atom stereocenters. The highest BCUT2D eigenvalue weighted by Gasteiger charge is 1.99. The van der Waals surface area contributed by atoms with Crippen LogP contribution in [0.1, 0.15) is 25.3 Å². The summed E-state index contributed by atoms with van der Waals surface area (Å²) in [5, 5.41) is 2.90. The molecule has 0 saturated carbocycles. The number of hydrogen-bond acceptors (Lipinski definition) is 0. The fraction of sp³-hybridized carbons (Fsp3) is 0.333. The molecule has 1 aromatic carbocycles. The number of fused-ring (bicyclic) bond motifs is 1. The van der Waals surface area contributed by atoms with Gasteiger partial charge in [0.15, 0.2) is 0 Å². The Morgan fingerprint density at radius 2 is 2.08 bits per heavy atom. The highest BCUT2D eigenvalue weighted by atomic mass is 14.0. The third-order valence-electron chi connectivity index (χ3n) is 2.46. The average Bonchev–Trinajstić information content (AvgIpc) is 2.04. The van der Waals surface area contributed by atoms with Crippen molar-refractivity contribution in [3.8, 4) is 0 Å². The molecule has 0 N–H and O–H groups in total. The first-order chi connectivity index (χ1) is 5.92. The molecule has 0 fully saturated rings. The van der Waals surface area contributed by atoms with Crippen LogP contribution in [0, 0.1) is 0 Å². The van der Waals surface area contributed by atoms with Gasteiger partial charge in [0.25, 0.3) is 0 Å². The number of hydrogen-bond donors (Lipinski definition) is 0. The SMILES string of the molecule is CCCCc1cccc2c1=CC=2. The normalized spacial score (nSPS) is 12.4. The van der Waals surface area contributed by atoms with Gasteiger partial charge in [-0.3, -0.25) is 0 Å². The first-order valence-electron chi connectivity index (χ1n) is 4.72. The van der Waals surface area contributed by atoms with Crippen molar-refractivity contribution < 1.29 is 0 Å². The van der Waals surface area contributed by atoms with Gasteiger partial charge >= 0.3 is 0 Å². The summed E-state index contributed by atoms with van der Waals surface area (Å²) in [4.78, 5) is 0. The summed E-state index contributed by atoms with van der Waals surface area (Å²) in [7, 11) is 0. The molecule has 1 aliphatic carbocycles. The van der Waals surface area contributed by atoms with E-state index in [1.54, 1.807) is 0 Å². The number of benzene rings is 1. The molecule has 0 saturated heterocycles. The molecule has 0 nitrogen and oxygen atoms in total. The van der Waals surface area contributed by atoms with Crippen molar-refractivity contribution in [2.24, 2.45) is 0 Å². The summed E-state index contributed by atoms with van der Waals surface area (Å²) in [6.07, 6.45) is 8.24. The predicted molar refractivity (Wildman–Crippen MR) is 53.2 cm³/mol. The maximum absolute atomic E-state index is 2.25. The molecular weight excluding hydrogens is 144 g/mol. The number of rotatable bonds is 3. The van der Waals surface area contributed by atoms with Crippen LogP contribution in [0.15, 0.2) is 18.2 Å². The minimum atomic E-state index is 1.24. The Balaban J connectivity index is 2.29. The van der Waals surface area contributed by atoms with Crippen molar-refractivity contribution in [2.45, 2.75) is 26.2 Å². The minimum absolute atomic E-state index is 1.24. The fourth-order valence-electron chi connectivity index (χ4n) is 1.64. The van der Waals surface area contributed by atoms with E-state index in [0.717, 1.165) is 0 Å². The first-order valence-corrected chi connectivity index (χ1v) is 4.72. The molecule has 2 rings (SSSR count). The molecular formula is C12H14. The molecule has 0 spiro atoms. The van der Waals surface area contributed by atoms with Gasteiger partial charge in [0.05, 0.1) is 0 Å². The summed E-state index contributed by atoms with van der Waals surface area (Å²) in [6, 6.07) is 6.59. The zero-order chi connectivity index (χ0) is 8.39. The van der Waals surface area contributed by atoms with Crippen LogP contribution >= 0.6 is 0 Å². The smallest absolute Gasteiger partial charge is 0.0152 e. The summed E-state index contributed by atoms with van der Waals surface area (Å²) in [6.45, 7) is 2.24. The van der Waals surface area contributed by atoms with Gasteiger partial charge in [0.1, 0.15) is 0 Å². The minimum Gasteiger partial charge on any atom is -0.0654 e. The van der Waals surface area contributed by atoms with Gasteiger partial charge in [-0.05, 0) is 28.8 Å². The lowest BCUT2D eigenvalue weighted by atomic mass is 9.99. The van der Waals surface area contributed by atoms with Crippen LogP contribution in [0.3, 0.4) is 0 Å². The van der Waals surface area contributed by atoms with Crippen molar-refractivity contribution in [3.63, 3.8) is 0 Å². The second-order valence-electron chi connectivity index (χ2n) is 3.36. The molecule has 0 unspecified atom stereocenters. The van der Waals surface area contributed by atoms with Crippen LogP contribution in [-0.4, -0.2) is 0 Å². The summed E-state index contributed by atoms with van der Waals surface area (Å²) in [5.74, 6) is 0. The molecule has 1 aliphatic rings. The number of aryl methyl sites for hydroxylation is 1. The van der Waals surface area contributed by atoms with E-state index < -0.39 is 0 Å². The predicted octanol–water partition coefficient (Wildman–Crippen LogP) is 1.60. The molecule has 1 aromatic rings. The van der Waals surface area contributed by atoms with Gasteiger partial charge in [0.2, 0.25) is 0 Å². The van der Waals surface area contributed by atoms with Gasteiger partial charge in [-0.15, -0.1) is 0 Å². The third-order valence-corrected chi connectivity index (χ3v) is 2.46. The standard InChI is InChI=1S/C12H14/c1-2-3-5-10-6-4-7-11-8-9-12(10)11/h4,6-9H,2-3,5H2,1H3. The quantitative estimate of drug-likeness (QED) is 0.627. The Labute approximate surface area is 73.2 Å². The lowest BCUT2D eigenvalue weighted by Gasteiger charge is -2.05. The lowest BCUT2D eigenvalue weighted by Crippen LogP contribution is -2.33. The highest BCUT2D eigenvalue weighted by molar-refractivity contribution is 5.69. The van der Waals surface area contributed by atoms with Crippen molar-refractivity contribution in [1.29, 1.82) is 0 Å². The summed E-state index contributed by atoms with van der Waals surface area (Å²) >= 11 is 0. The van der Waals surface area contributed by atoms with E-state index in [2.05, 4.69) is 37.3 Å². The van der Waals surface area contributed by atoms with Crippen LogP contribution in [0.25, 0.3) is 12.2 Å². The molecule has 0 heterocycles. The van der Waals surface area contributed by atoms with Crippen LogP contribution in [0.4, 0.5) is 0 Å². The van der Waals surface area contributed by atoms with E-state index in [0.29, 0.717) is 0 Å². The van der Waals surface area contributed by atoms with Crippen LogP contribution in [0.5, 0.6) is 0 Å². The lowest BCUT2D eigenvalue weighted by molar-refractivity contribution is 0.791. The monoisotopic (exact) mass is 158 g/mol. The van der Waals surface area contributed by atoms with E-state index in [4.69, 9.17) is 0 Å². The Morgan fingerprint density at radius 1 is 1.17 bits per heavy atom. The Kier molecular flexibility index (Phi) is 1.99. The largest absolute Gasteiger partial charge is 0.0654 e. The summed E-state index contributed by atoms with van der Waals surface area (Å²) in [5.41, 5.74) is 1.52. The highest BCUT2D eigenvalue weighted by Crippen LogP contribution is 1.99. The van der Waals surface area contributed by atoms with Crippen molar-refractivity contribution in [3.05, 3.63) is 34.2 Å². The molecule has 0 aliphatic heterocycles. The van der Waals surface area contributed by atoms with Gasteiger partial charge in [-0.25, -0.2) is 0 Å². The van der Waals surface area contributed by atoms with E-state index >= 15 is 0 Å². The van der Waals surface area contributed by atoms with Gasteiger partial charge in [-0.2, -0.15) is 0 Å².